The number of likely N-dealkylation sites (tertiary alicyclic amines) is 1. The van der Waals surface area contributed by atoms with Crippen LogP contribution in [0.25, 0.3) is 4.96 Å². The van der Waals surface area contributed by atoms with Crippen molar-refractivity contribution in [2.24, 2.45) is 0 Å². The topological polar surface area (TPSA) is 83.0 Å². The fourth-order valence-corrected chi connectivity index (χ4v) is 5.35. The molecule has 0 aromatic carbocycles. The molecule has 160 valence electrons. The maximum Gasteiger partial charge on any atom is 0.274 e. The molecule has 30 heavy (non-hydrogen) atoms. The van der Waals surface area contributed by atoms with E-state index in [9.17, 15) is 4.79 Å². The van der Waals surface area contributed by atoms with Crippen LogP contribution in [0, 0.1) is 6.92 Å². The number of nitrogens with zero attached hydrogens (tertiary/aromatic N) is 7. The van der Waals surface area contributed by atoms with Gasteiger partial charge in [-0.2, -0.15) is 0 Å². The number of fused-ring (bicyclic) bond motifs is 1. The average Bonchev–Trinajstić information content (AvgIpc) is 3.48. The first-order valence-electron chi connectivity index (χ1n) is 10.6. The third-order valence-corrected chi connectivity index (χ3v) is 7.05. The molecule has 10 heteroatoms. The van der Waals surface area contributed by atoms with Crippen molar-refractivity contribution in [2.45, 2.75) is 38.8 Å². The number of thiazole rings is 1. The van der Waals surface area contributed by atoms with Crippen LogP contribution in [0.3, 0.4) is 0 Å². The van der Waals surface area contributed by atoms with Gasteiger partial charge in [0, 0.05) is 37.8 Å². The first-order chi connectivity index (χ1) is 14.6. The maximum atomic E-state index is 13.5. The van der Waals surface area contributed by atoms with Crippen LogP contribution < -0.4 is 0 Å². The fourth-order valence-electron chi connectivity index (χ4n) is 4.61. The Bertz CT molecular complexity index is 1040. The zero-order chi connectivity index (χ0) is 20.7. The number of carbonyl (C=O) groups excluding carboxylic acids is 1. The molecule has 2 aliphatic heterocycles. The summed E-state index contributed by atoms with van der Waals surface area (Å²) in [6, 6.07) is 0.162. The Balaban J connectivity index is 1.45. The molecule has 2 aliphatic rings. The SMILES string of the molecule is Cc1nonc1C1CCCN1Cc1c(C(=O)N2CCCN(C)CC2)nc2sccn12. The molecule has 1 atom stereocenters. The lowest BCUT2D eigenvalue weighted by molar-refractivity contribution is 0.0754. The molecule has 9 nitrogen and oxygen atoms in total. The molecule has 3 aromatic rings. The minimum atomic E-state index is 0.0474. The third-order valence-electron chi connectivity index (χ3n) is 6.29. The summed E-state index contributed by atoms with van der Waals surface area (Å²) in [4.78, 5) is 25.7. The summed E-state index contributed by atoms with van der Waals surface area (Å²) in [5, 5.41) is 10.1. The van der Waals surface area contributed by atoms with Gasteiger partial charge in [-0.1, -0.05) is 10.3 Å². The highest BCUT2D eigenvalue weighted by Crippen LogP contribution is 2.34. The van der Waals surface area contributed by atoms with Crippen LogP contribution in [0.2, 0.25) is 0 Å². The highest BCUT2D eigenvalue weighted by atomic mass is 32.1. The lowest BCUT2D eigenvalue weighted by Crippen LogP contribution is -2.35. The second-order valence-electron chi connectivity index (χ2n) is 8.28. The number of hydrogen-bond donors (Lipinski definition) is 0. The smallest absolute Gasteiger partial charge is 0.274 e. The van der Waals surface area contributed by atoms with E-state index in [0.717, 1.165) is 74.0 Å². The van der Waals surface area contributed by atoms with Crippen molar-refractivity contribution in [3.8, 4) is 0 Å². The Morgan fingerprint density at radius 2 is 2.10 bits per heavy atom. The predicted molar refractivity (Wildman–Crippen MR) is 113 cm³/mol. The number of likely N-dealkylation sites (N-methyl/N-ethyl adjacent to an activating group) is 1. The monoisotopic (exact) mass is 429 g/mol. The zero-order valence-electron chi connectivity index (χ0n) is 17.5. The van der Waals surface area contributed by atoms with Crippen molar-refractivity contribution in [1.29, 1.82) is 0 Å². The molecule has 1 unspecified atom stereocenters. The van der Waals surface area contributed by atoms with E-state index in [0.29, 0.717) is 12.2 Å². The van der Waals surface area contributed by atoms with Crippen molar-refractivity contribution in [3.05, 3.63) is 34.4 Å². The number of rotatable bonds is 4. The van der Waals surface area contributed by atoms with Crippen LogP contribution in [-0.4, -0.2) is 80.1 Å². The van der Waals surface area contributed by atoms with Crippen molar-refractivity contribution in [2.75, 3.05) is 39.8 Å². The first kappa shape index (κ1) is 19.7. The first-order valence-corrected chi connectivity index (χ1v) is 11.4. The molecule has 1 amide bonds. The Morgan fingerprint density at radius 3 is 2.93 bits per heavy atom. The largest absolute Gasteiger partial charge is 0.336 e. The number of aryl methyl sites for hydroxylation is 1. The van der Waals surface area contributed by atoms with Gasteiger partial charge in [0.2, 0.25) is 0 Å². The number of hydrogen-bond acceptors (Lipinski definition) is 8. The van der Waals surface area contributed by atoms with Gasteiger partial charge in [-0.15, -0.1) is 11.3 Å². The molecule has 0 spiro atoms. The summed E-state index contributed by atoms with van der Waals surface area (Å²) in [5.74, 6) is 0.0474. The third kappa shape index (κ3) is 3.52. The van der Waals surface area contributed by atoms with E-state index >= 15 is 0 Å². The summed E-state index contributed by atoms with van der Waals surface area (Å²) >= 11 is 1.57. The molecule has 3 aromatic heterocycles. The highest BCUT2D eigenvalue weighted by Gasteiger charge is 2.33. The van der Waals surface area contributed by atoms with Crippen LogP contribution >= 0.6 is 11.3 Å². The van der Waals surface area contributed by atoms with Gasteiger partial charge in [0.1, 0.15) is 11.4 Å². The normalized spacial score (nSPS) is 21.5. The van der Waals surface area contributed by atoms with Gasteiger partial charge < -0.3 is 9.80 Å². The summed E-state index contributed by atoms with van der Waals surface area (Å²) in [6.45, 7) is 7.00. The molecule has 0 N–H and O–H groups in total. The van der Waals surface area contributed by atoms with Crippen LogP contribution in [0.15, 0.2) is 16.2 Å². The van der Waals surface area contributed by atoms with Crippen molar-refractivity contribution < 1.29 is 9.42 Å². The van der Waals surface area contributed by atoms with Gasteiger partial charge in [-0.3, -0.25) is 14.1 Å². The summed E-state index contributed by atoms with van der Waals surface area (Å²) < 4.78 is 7.03. The van der Waals surface area contributed by atoms with Gasteiger partial charge >= 0.3 is 0 Å². The van der Waals surface area contributed by atoms with E-state index in [1.165, 1.54) is 0 Å². The van der Waals surface area contributed by atoms with E-state index in [1.807, 2.05) is 23.4 Å². The number of aromatic nitrogens is 4. The zero-order valence-corrected chi connectivity index (χ0v) is 18.3. The predicted octanol–water partition coefficient (Wildman–Crippen LogP) is 2.20. The summed E-state index contributed by atoms with van der Waals surface area (Å²) in [5.41, 5.74) is 3.30. The van der Waals surface area contributed by atoms with E-state index in [-0.39, 0.29) is 11.9 Å². The lowest BCUT2D eigenvalue weighted by Gasteiger charge is -2.24. The van der Waals surface area contributed by atoms with Gasteiger partial charge in [0.25, 0.3) is 5.91 Å². The quantitative estimate of drug-likeness (QED) is 0.629. The van der Waals surface area contributed by atoms with E-state index in [4.69, 9.17) is 9.61 Å². The second-order valence-corrected chi connectivity index (χ2v) is 9.15. The molecule has 0 saturated carbocycles. The van der Waals surface area contributed by atoms with Crippen LogP contribution in [-0.2, 0) is 6.54 Å². The van der Waals surface area contributed by atoms with Gasteiger partial charge in [0.15, 0.2) is 10.7 Å². The van der Waals surface area contributed by atoms with Crippen LogP contribution in [0.5, 0.6) is 0 Å². The second kappa shape index (κ2) is 8.09. The minimum absolute atomic E-state index is 0.0474. The molecular formula is C20H27N7O2S. The molecule has 5 heterocycles. The number of imidazole rings is 1. The van der Waals surface area contributed by atoms with E-state index in [2.05, 4.69) is 31.6 Å². The van der Waals surface area contributed by atoms with Crippen molar-refractivity contribution in [1.82, 2.24) is 34.4 Å². The summed E-state index contributed by atoms with van der Waals surface area (Å²) in [7, 11) is 2.11. The van der Waals surface area contributed by atoms with Crippen molar-refractivity contribution in [3.63, 3.8) is 0 Å². The molecule has 5 rings (SSSR count). The fraction of sp³-hybridized carbons (Fsp3) is 0.600. The molecule has 0 radical (unpaired) electrons. The maximum absolute atomic E-state index is 13.5. The van der Waals surface area contributed by atoms with Gasteiger partial charge in [0.05, 0.1) is 11.7 Å². The highest BCUT2D eigenvalue weighted by molar-refractivity contribution is 7.15. The van der Waals surface area contributed by atoms with E-state index < -0.39 is 0 Å². The lowest BCUT2D eigenvalue weighted by atomic mass is 10.1. The Kier molecular flexibility index (Phi) is 5.30. The van der Waals surface area contributed by atoms with E-state index in [1.54, 1.807) is 11.3 Å². The number of amides is 1. The molecular weight excluding hydrogens is 402 g/mol. The van der Waals surface area contributed by atoms with Crippen molar-refractivity contribution >= 4 is 22.2 Å². The van der Waals surface area contributed by atoms with Gasteiger partial charge in [-0.05, 0) is 46.3 Å². The molecule has 2 saturated heterocycles. The summed E-state index contributed by atoms with van der Waals surface area (Å²) in [6.07, 6.45) is 5.11. The number of carbonyl (C=O) groups is 1. The van der Waals surface area contributed by atoms with Gasteiger partial charge in [-0.25, -0.2) is 9.61 Å². The molecule has 2 fully saturated rings. The Hall–Kier alpha value is -2.30. The Labute approximate surface area is 179 Å². The minimum Gasteiger partial charge on any atom is -0.336 e. The average molecular weight is 430 g/mol. The molecule has 0 bridgehead atoms. The van der Waals surface area contributed by atoms with Crippen LogP contribution in [0.4, 0.5) is 0 Å². The molecule has 0 aliphatic carbocycles. The Morgan fingerprint density at radius 1 is 1.20 bits per heavy atom. The standard InChI is InChI=1S/C20H27N7O2S/c1-14-17(23-29-22-14)15-5-3-7-26(15)13-16-18(21-20-27(16)11-12-30-20)19(28)25-8-4-6-24(2)9-10-25/h11-12,15H,3-10,13H2,1-2H3. The van der Waals surface area contributed by atoms with Crippen LogP contribution in [0.1, 0.15) is 52.9 Å².